The van der Waals surface area contributed by atoms with Gasteiger partial charge in [-0.3, -0.25) is 4.79 Å². The summed E-state index contributed by atoms with van der Waals surface area (Å²) in [6.07, 6.45) is 1.47. The highest BCUT2D eigenvalue weighted by atomic mass is 16.1. The smallest absolute Gasteiger partial charge is 0.152 e. The summed E-state index contributed by atoms with van der Waals surface area (Å²) in [6.45, 7) is 7.97. The molecule has 0 aliphatic heterocycles. The summed E-state index contributed by atoms with van der Waals surface area (Å²) in [6, 6.07) is 14.1. The van der Waals surface area contributed by atoms with Gasteiger partial charge < -0.3 is 5.73 Å². The minimum atomic E-state index is -0.392. The molecule has 116 valence electrons. The van der Waals surface area contributed by atoms with Crippen molar-refractivity contribution in [1.82, 2.24) is 0 Å². The van der Waals surface area contributed by atoms with Crippen molar-refractivity contribution >= 4 is 16.6 Å². The van der Waals surface area contributed by atoms with Gasteiger partial charge in [-0.25, -0.2) is 0 Å². The summed E-state index contributed by atoms with van der Waals surface area (Å²) in [4.78, 5) is 12.0. The second-order valence-corrected chi connectivity index (χ2v) is 5.20. The number of carbonyl (C=O) groups is 1. The van der Waals surface area contributed by atoms with Crippen LogP contribution in [0.15, 0.2) is 42.5 Å². The highest BCUT2D eigenvalue weighted by Crippen LogP contribution is 2.17. The first-order valence-electron chi connectivity index (χ1n) is 7.88. The van der Waals surface area contributed by atoms with Crippen molar-refractivity contribution in [3.05, 3.63) is 48.0 Å². The molecule has 2 nitrogen and oxygen atoms in total. The van der Waals surface area contributed by atoms with Crippen molar-refractivity contribution < 1.29 is 6.22 Å². The molecular weight excluding hydrogens is 258 g/mol. The minimum Gasteiger partial charge on any atom is -0.321 e. The van der Waals surface area contributed by atoms with Gasteiger partial charge in [0.25, 0.3) is 0 Å². The Labute approximate surface area is 129 Å². The van der Waals surface area contributed by atoms with Gasteiger partial charge in [-0.2, -0.15) is 0 Å². The Morgan fingerprint density at radius 2 is 1.76 bits per heavy atom. The van der Waals surface area contributed by atoms with E-state index in [1.165, 1.54) is 10.8 Å². The topological polar surface area (TPSA) is 43.1 Å². The van der Waals surface area contributed by atoms with Crippen LogP contribution in [0.2, 0.25) is 0 Å². The highest BCUT2D eigenvalue weighted by Gasteiger charge is 2.19. The molecule has 0 radical (unpaired) electrons. The van der Waals surface area contributed by atoms with E-state index in [2.05, 4.69) is 30.3 Å². The van der Waals surface area contributed by atoms with E-state index in [0.717, 1.165) is 12.0 Å². The SMILES string of the molecule is CC.CCC(C)C(=O)[C@@H](N)Cc1ccc2ccccc2c1.[HH]. The third-order valence-corrected chi connectivity index (χ3v) is 3.73. The van der Waals surface area contributed by atoms with Crippen LogP contribution in [-0.4, -0.2) is 11.8 Å². The number of nitrogens with two attached hydrogens (primary N) is 1. The Kier molecular flexibility index (Phi) is 7.10. The first kappa shape index (κ1) is 17.4. The molecule has 0 saturated heterocycles. The monoisotopic (exact) mass is 287 g/mol. The van der Waals surface area contributed by atoms with Crippen LogP contribution in [0.1, 0.15) is 41.1 Å². The molecule has 0 heterocycles. The van der Waals surface area contributed by atoms with E-state index in [1.807, 2.05) is 39.8 Å². The predicted molar refractivity (Wildman–Crippen MR) is 93.6 cm³/mol. The van der Waals surface area contributed by atoms with Crippen molar-refractivity contribution in [2.75, 3.05) is 0 Å². The quantitative estimate of drug-likeness (QED) is 0.873. The Balaban J connectivity index is 0.00000141. The number of hydrogen-bond acceptors (Lipinski definition) is 2. The van der Waals surface area contributed by atoms with Gasteiger partial charge in [-0.15, -0.1) is 0 Å². The molecular formula is C19H29NO. The number of hydrogen-bond donors (Lipinski definition) is 1. The average molecular weight is 287 g/mol. The van der Waals surface area contributed by atoms with Crippen molar-refractivity contribution in [2.45, 2.75) is 46.6 Å². The van der Waals surface area contributed by atoms with Crippen molar-refractivity contribution in [3.8, 4) is 0 Å². The van der Waals surface area contributed by atoms with E-state index < -0.39 is 6.04 Å². The third-order valence-electron chi connectivity index (χ3n) is 3.73. The average Bonchev–Trinajstić information content (AvgIpc) is 2.55. The fraction of sp³-hybridized carbons (Fsp3) is 0.421. The molecule has 2 atom stereocenters. The van der Waals surface area contributed by atoms with Crippen LogP contribution in [-0.2, 0) is 11.2 Å². The molecule has 2 rings (SSSR count). The maximum Gasteiger partial charge on any atom is 0.152 e. The summed E-state index contributed by atoms with van der Waals surface area (Å²) in [5.41, 5.74) is 7.15. The number of rotatable bonds is 5. The molecule has 0 aliphatic carbocycles. The molecule has 0 saturated carbocycles. The van der Waals surface area contributed by atoms with E-state index in [9.17, 15) is 4.79 Å². The Morgan fingerprint density at radius 1 is 1.14 bits per heavy atom. The molecule has 0 aliphatic rings. The zero-order valence-corrected chi connectivity index (χ0v) is 13.6. The molecule has 2 heteroatoms. The van der Waals surface area contributed by atoms with Gasteiger partial charge in [-0.1, -0.05) is 70.2 Å². The number of ketones is 1. The van der Waals surface area contributed by atoms with E-state index in [4.69, 9.17) is 5.73 Å². The second-order valence-electron chi connectivity index (χ2n) is 5.20. The Bertz CT molecular complexity index is 582. The summed E-state index contributed by atoms with van der Waals surface area (Å²) >= 11 is 0. The molecule has 0 amide bonds. The largest absolute Gasteiger partial charge is 0.321 e. The minimum absolute atomic E-state index is 0. The second kappa shape index (κ2) is 8.58. The van der Waals surface area contributed by atoms with Gasteiger partial charge >= 0.3 is 0 Å². The lowest BCUT2D eigenvalue weighted by molar-refractivity contribution is -0.123. The van der Waals surface area contributed by atoms with Crippen molar-refractivity contribution in [1.29, 1.82) is 0 Å². The van der Waals surface area contributed by atoms with Crippen LogP contribution in [0, 0.1) is 5.92 Å². The lowest BCUT2D eigenvalue weighted by Crippen LogP contribution is -2.36. The first-order valence-corrected chi connectivity index (χ1v) is 7.88. The number of Topliss-reactive ketones (excluding diaryl/α,β-unsaturated/α-hetero) is 1. The van der Waals surface area contributed by atoms with E-state index in [0.29, 0.717) is 6.42 Å². The van der Waals surface area contributed by atoms with Gasteiger partial charge in [-0.05, 0) is 29.2 Å². The van der Waals surface area contributed by atoms with Crippen LogP contribution in [0.3, 0.4) is 0 Å². The zero-order chi connectivity index (χ0) is 15.8. The van der Waals surface area contributed by atoms with Crippen molar-refractivity contribution in [2.24, 2.45) is 11.7 Å². The standard InChI is InChI=1S/C17H21NO.C2H6.H2/c1-3-12(2)17(19)16(18)11-13-8-9-14-6-4-5-7-15(14)10-13;1-2;/h4-10,12,16H,3,11,18H2,1-2H3;1-2H3;1H/t12?,16-;;/m0../s1. The fourth-order valence-electron chi connectivity index (χ4n) is 2.29. The highest BCUT2D eigenvalue weighted by molar-refractivity contribution is 5.86. The lowest BCUT2D eigenvalue weighted by atomic mass is 9.93. The normalized spacial score (nSPS) is 13.2. The van der Waals surface area contributed by atoms with E-state index in [1.54, 1.807) is 0 Å². The van der Waals surface area contributed by atoms with Crippen LogP contribution in [0.4, 0.5) is 0 Å². The number of fused-ring (bicyclic) bond motifs is 1. The predicted octanol–water partition coefficient (Wildman–Crippen LogP) is 4.60. The molecule has 2 aromatic carbocycles. The van der Waals surface area contributed by atoms with Gasteiger partial charge in [0, 0.05) is 7.34 Å². The van der Waals surface area contributed by atoms with Crippen LogP contribution < -0.4 is 5.73 Å². The molecule has 0 fully saturated rings. The summed E-state index contributed by atoms with van der Waals surface area (Å²) < 4.78 is 0. The van der Waals surface area contributed by atoms with Gasteiger partial charge in [0.05, 0.1) is 6.04 Å². The fourth-order valence-corrected chi connectivity index (χ4v) is 2.29. The third kappa shape index (κ3) is 4.68. The van der Waals surface area contributed by atoms with Crippen LogP contribution in [0.5, 0.6) is 0 Å². The Hall–Kier alpha value is -1.67. The lowest BCUT2D eigenvalue weighted by Gasteiger charge is -2.15. The molecule has 1 unspecified atom stereocenters. The van der Waals surface area contributed by atoms with E-state index in [-0.39, 0.29) is 13.1 Å². The van der Waals surface area contributed by atoms with Gasteiger partial charge in [0.1, 0.15) is 0 Å². The van der Waals surface area contributed by atoms with E-state index >= 15 is 0 Å². The maximum atomic E-state index is 12.0. The van der Waals surface area contributed by atoms with Gasteiger partial charge in [0.2, 0.25) is 0 Å². The molecule has 2 aromatic rings. The molecule has 21 heavy (non-hydrogen) atoms. The maximum absolute atomic E-state index is 12.0. The van der Waals surface area contributed by atoms with Crippen LogP contribution in [0.25, 0.3) is 10.8 Å². The first-order chi connectivity index (χ1) is 10.1. The summed E-state index contributed by atoms with van der Waals surface area (Å²) in [7, 11) is 0. The molecule has 0 spiro atoms. The summed E-state index contributed by atoms with van der Waals surface area (Å²) in [5, 5.41) is 2.41. The summed E-state index contributed by atoms with van der Waals surface area (Å²) in [5.74, 6) is 0.214. The molecule has 2 N–H and O–H groups in total. The Morgan fingerprint density at radius 3 is 2.38 bits per heavy atom. The molecule has 0 aromatic heterocycles. The van der Waals surface area contributed by atoms with Crippen molar-refractivity contribution in [3.63, 3.8) is 0 Å². The molecule has 0 bridgehead atoms. The van der Waals surface area contributed by atoms with Crippen LogP contribution >= 0.6 is 0 Å². The zero-order valence-electron chi connectivity index (χ0n) is 13.6. The number of benzene rings is 2. The number of carbonyl (C=O) groups excluding carboxylic acids is 1. The van der Waals surface area contributed by atoms with Gasteiger partial charge in [0.15, 0.2) is 5.78 Å².